The molecule has 1 aliphatic heterocycles. The van der Waals surface area contributed by atoms with Crippen LogP contribution in [0.5, 0.6) is 17.2 Å². The largest absolute Gasteiger partial charge is 0.508 e. The van der Waals surface area contributed by atoms with Crippen LogP contribution in [-0.2, 0) is 11.4 Å². The van der Waals surface area contributed by atoms with Crippen LogP contribution in [0.4, 0.5) is 17.1 Å². The number of ether oxygens (including phenoxy) is 2. The van der Waals surface area contributed by atoms with E-state index < -0.39 is 10.5 Å². The maximum absolute atomic E-state index is 13.1. The summed E-state index contributed by atoms with van der Waals surface area (Å²) in [4.78, 5) is 25.5. The lowest BCUT2D eigenvalue weighted by Crippen LogP contribution is -2.52. The summed E-state index contributed by atoms with van der Waals surface area (Å²) in [5.41, 5.74) is 3.41. The van der Waals surface area contributed by atoms with E-state index in [1.54, 1.807) is 30.1 Å². The number of anilines is 2. The standard InChI is InChI=1S/C26H27N3O6.C3H8S/c1-15-6-7-16(29(32)33)12-22(15)35-14-20-18(19-9-8-17(30)13-23(19)34-5)10-11-21-24(20)28(4)25(31)26(2,3)27-21;1-3(2)4/h6-13,27,30H,14H2,1-5H3;3-4H,1-2H3. The number of aromatic hydroxyl groups is 1. The molecule has 10 heteroatoms. The molecule has 4 rings (SSSR count). The fourth-order valence-electron chi connectivity index (χ4n) is 4.34. The molecule has 3 aromatic rings. The second-order valence-electron chi connectivity index (χ2n) is 10.1. The van der Waals surface area contributed by atoms with Crippen LogP contribution in [0.1, 0.15) is 38.8 Å². The van der Waals surface area contributed by atoms with Crippen molar-refractivity contribution in [2.45, 2.75) is 52.0 Å². The topological polar surface area (TPSA) is 114 Å². The van der Waals surface area contributed by atoms with Crippen LogP contribution < -0.4 is 19.7 Å². The van der Waals surface area contributed by atoms with Crippen LogP contribution in [-0.4, -0.2) is 40.9 Å². The number of thiol groups is 1. The van der Waals surface area contributed by atoms with E-state index in [-0.39, 0.29) is 24.0 Å². The van der Waals surface area contributed by atoms with Gasteiger partial charge in [-0.1, -0.05) is 19.9 Å². The number of phenols is 1. The maximum atomic E-state index is 13.1. The molecule has 0 atom stereocenters. The van der Waals surface area contributed by atoms with Gasteiger partial charge in [0.05, 0.1) is 29.5 Å². The minimum Gasteiger partial charge on any atom is -0.508 e. The summed E-state index contributed by atoms with van der Waals surface area (Å²) in [6.07, 6.45) is 0. The zero-order valence-electron chi connectivity index (χ0n) is 23.2. The number of nitro benzene ring substituents is 1. The minimum absolute atomic E-state index is 0.0320. The van der Waals surface area contributed by atoms with E-state index in [2.05, 4.69) is 17.9 Å². The van der Waals surface area contributed by atoms with Crippen molar-refractivity contribution in [2.24, 2.45) is 0 Å². The summed E-state index contributed by atoms with van der Waals surface area (Å²) in [5.74, 6) is 0.770. The number of hydrogen-bond donors (Lipinski definition) is 3. The Morgan fingerprint density at radius 1 is 1.10 bits per heavy atom. The molecule has 0 aromatic heterocycles. The van der Waals surface area contributed by atoms with Gasteiger partial charge in [-0.05, 0) is 61.4 Å². The second-order valence-corrected chi connectivity index (χ2v) is 11.1. The van der Waals surface area contributed by atoms with E-state index >= 15 is 0 Å². The molecule has 0 spiro atoms. The first kappa shape index (κ1) is 29.6. The number of carbonyl (C=O) groups is 1. The molecule has 0 bridgehead atoms. The minimum atomic E-state index is -0.797. The molecular formula is C29H35N3O6S. The molecule has 0 radical (unpaired) electrons. The highest BCUT2D eigenvalue weighted by atomic mass is 32.1. The summed E-state index contributed by atoms with van der Waals surface area (Å²) in [7, 11) is 3.22. The first-order valence-electron chi connectivity index (χ1n) is 12.4. The zero-order chi connectivity index (χ0) is 29.1. The molecule has 0 saturated carbocycles. The summed E-state index contributed by atoms with van der Waals surface area (Å²) >= 11 is 3.97. The number of methoxy groups -OCH3 is 1. The van der Waals surface area contributed by atoms with Gasteiger partial charge in [-0.25, -0.2) is 0 Å². The predicted octanol–water partition coefficient (Wildman–Crippen LogP) is 6.35. The number of nitro groups is 1. The monoisotopic (exact) mass is 553 g/mol. The SMILES string of the molecule is CC(C)S.COc1cc(O)ccc1-c1ccc2c(c1COc1cc([N+](=O)[O-])ccc1C)N(C)C(=O)C(C)(C)N2. The van der Waals surface area contributed by atoms with Crippen LogP contribution in [0, 0.1) is 17.0 Å². The summed E-state index contributed by atoms with van der Waals surface area (Å²) in [6, 6.07) is 13.1. The first-order valence-corrected chi connectivity index (χ1v) is 12.9. The highest BCUT2D eigenvalue weighted by molar-refractivity contribution is 7.80. The molecule has 39 heavy (non-hydrogen) atoms. The Balaban J connectivity index is 0.000000983. The lowest BCUT2D eigenvalue weighted by Gasteiger charge is -2.39. The normalized spacial score (nSPS) is 13.7. The maximum Gasteiger partial charge on any atom is 0.273 e. The first-order chi connectivity index (χ1) is 18.3. The average molecular weight is 554 g/mol. The van der Waals surface area contributed by atoms with Gasteiger partial charge in [0, 0.05) is 30.3 Å². The summed E-state index contributed by atoms with van der Waals surface area (Å²) in [6.45, 7) is 9.53. The number of hydrogen-bond acceptors (Lipinski definition) is 8. The molecule has 208 valence electrons. The molecular weight excluding hydrogens is 518 g/mol. The Morgan fingerprint density at radius 3 is 2.36 bits per heavy atom. The third-order valence-corrected chi connectivity index (χ3v) is 6.13. The fraction of sp³-hybridized carbons (Fsp3) is 0.345. The van der Waals surface area contributed by atoms with Crippen LogP contribution in [0.25, 0.3) is 11.1 Å². The number of amides is 1. The van der Waals surface area contributed by atoms with Crippen molar-refractivity contribution in [1.82, 2.24) is 0 Å². The van der Waals surface area contributed by atoms with Crippen LogP contribution in [0.15, 0.2) is 48.5 Å². The molecule has 9 nitrogen and oxygen atoms in total. The Hall–Kier alpha value is -3.92. The number of benzene rings is 3. The number of rotatable bonds is 6. The van der Waals surface area contributed by atoms with Crippen molar-refractivity contribution in [3.63, 3.8) is 0 Å². The van der Waals surface area contributed by atoms with E-state index in [0.717, 1.165) is 16.8 Å². The number of aryl methyl sites for hydroxylation is 1. The number of nitrogens with one attached hydrogen (secondary N) is 1. The van der Waals surface area contributed by atoms with Gasteiger partial charge in [0.25, 0.3) is 11.6 Å². The Labute approximate surface area is 234 Å². The molecule has 0 unspecified atom stereocenters. The molecule has 1 heterocycles. The van der Waals surface area contributed by atoms with Gasteiger partial charge in [-0.3, -0.25) is 14.9 Å². The zero-order valence-corrected chi connectivity index (χ0v) is 24.1. The van der Waals surface area contributed by atoms with Gasteiger partial charge in [0.2, 0.25) is 0 Å². The Morgan fingerprint density at radius 2 is 1.74 bits per heavy atom. The van der Waals surface area contributed by atoms with Gasteiger partial charge in [-0.15, -0.1) is 0 Å². The molecule has 3 aromatic carbocycles. The lowest BCUT2D eigenvalue weighted by molar-refractivity contribution is -0.385. The predicted molar refractivity (Wildman–Crippen MR) is 157 cm³/mol. The van der Waals surface area contributed by atoms with Crippen LogP contribution >= 0.6 is 12.6 Å². The van der Waals surface area contributed by atoms with Crippen molar-refractivity contribution in [3.8, 4) is 28.4 Å². The quantitative estimate of drug-likeness (QED) is 0.185. The van der Waals surface area contributed by atoms with E-state index in [4.69, 9.17) is 9.47 Å². The molecule has 2 N–H and O–H groups in total. The number of non-ortho nitro benzene ring substituents is 1. The molecule has 1 aliphatic rings. The third-order valence-electron chi connectivity index (χ3n) is 6.13. The fourth-order valence-corrected chi connectivity index (χ4v) is 4.34. The van der Waals surface area contributed by atoms with Crippen molar-refractivity contribution in [2.75, 3.05) is 24.4 Å². The van der Waals surface area contributed by atoms with Crippen molar-refractivity contribution >= 4 is 35.6 Å². The number of nitrogens with zero attached hydrogens (tertiary/aromatic N) is 2. The molecule has 0 aliphatic carbocycles. The van der Waals surface area contributed by atoms with Crippen molar-refractivity contribution in [3.05, 3.63) is 69.8 Å². The van der Waals surface area contributed by atoms with E-state index in [1.165, 1.54) is 25.3 Å². The third kappa shape index (κ3) is 6.57. The van der Waals surface area contributed by atoms with Gasteiger partial charge < -0.3 is 24.8 Å². The van der Waals surface area contributed by atoms with Crippen LogP contribution in [0.3, 0.4) is 0 Å². The van der Waals surface area contributed by atoms with Crippen molar-refractivity contribution < 1.29 is 24.3 Å². The number of likely N-dealkylation sites (N-methyl/N-ethyl adjacent to an activating group) is 1. The highest BCUT2D eigenvalue weighted by Crippen LogP contribution is 2.45. The van der Waals surface area contributed by atoms with Gasteiger partial charge in [0.1, 0.15) is 29.4 Å². The summed E-state index contributed by atoms with van der Waals surface area (Å²) < 4.78 is 11.6. The van der Waals surface area contributed by atoms with E-state index in [0.29, 0.717) is 33.6 Å². The van der Waals surface area contributed by atoms with Crippen molar-refractivity contribution in [1.29, 1.82) is 0 Å². The highest BCUT2D eigenvalue weighted by Gasteiger charge is 2.38. The van der Waals surface area contributed by atoms with Gasteiger partial charge in [-0.2, -0.15) is 12.6 Å². The number of phenolic OH excluding ortho intramolecular Hbond substituents is 1. The molecule has 1 amide bonds. The van der Waals surface area contributed by atoms with E-state index in [9.17, 15) is 20.0 Å². The van der Waals surface area contributed by atoms with Gasteiger partial charge >= 0.3 is 0 Å². The lowest BCUT2D eigenvalue weighted by atomic mass is 9.91. The van der Waals surface area contributed by atoms with Gasteiger partial charge in [0.15, 0.2) is 0 Å². The second kappa shape index (κ2) is 11.9. The number of carbonyl (C=O) groups excluding carboxylic acids is 1. The Bertz CT molecular complexity index is 1390. The molecule has 0 fully saturated rings. The average Bonchev–Trinajstić information content (AvgIpc) is 2.86. The van der Waals surface area contributed by atoms with E-state index in [1.807, 2.05) is 46.8 Å². The van der Waals surface area contributed by atoms with Crippen LogP contribution in [0.2, 0.25) is 0 Å². The number of fused-ring (bicyclic) bond motifs is 1. The Kier molecular flexibility index (Phi) is 9.01. The summed E-state index contributed by atoms with van der Waals surface area (Å²) in [5, 5.41) is 25.0. The smallest absolute Gasteiger partial charge is 0.273 e. The molecule has 0 saturated heterocycles.